The Kier molecular flexibility index (Phi) is 5.92. The number of nitrogens with one attached hydrogen (secondary N) is 2. The fourth-order valence-corrected chi connectivity index (χ4v) is 4.38. The van der Waals surface area contributed by atoms with Gasteiger partial charge in [-0.3, -0.25) is 0 Å². The van der Waals surface area contributed by atoms with E-state index in [-0.39, 0.29) is 0 Å². The molecule has 0 amide bonds. The first-order valence-electron chi connectivity index (χ1n) is 6.84. The molecule has 1 atom stereocenters. The van der Waals surface area contributed by atoms with E-state index < -0.39 is 10.0 Å². The molecule has 1 aliphatic rings. The maximum atomic E-state index is 12.1. The number of sulfonamides is 1. The number of thioether (sulfide) groups is 1. The Balaban J connectivity index is 1.84. The van der Waals surface area contributed by atoms with Crippen LogP contribution in [0.1, 0.15) is 31.7 Å². The first-order chi connectivity index (χ1) is 9.51. The molecule has 2 rings (SSSR count). The Labute approximate surface area is 129 Å². The molecule has 2 N–H and O–H groups in total. The van der Waals surface area contributed by atoms with Crippen LogP contribution in [0.5, 0.6) is 0 Å². The van der Waals surface area contributed by atoms with Crippen molar-refractivity contribution in [3.05, 3.63) is 17.0 Å². The molecule has 114 valence electrons. The van der Waals surface area contributed by atoms with Gasteiger partial charge in [0.05, 0.1) is 0 Å². The predicted molar refractivity (Wildman–Crippen MR) is 87.0 cm³/mol. The highest BCUT2D eigenvalue weighted by atomic mass is 32.2. The summed E-state index contributed by atoms with van der Waals surface area (Å²) in [6, 6.07) is 2.42. The van der Waals surface area contributed by atoms with Gasteiger partial charge in [0.15, 0.2) is 0 Å². The van der Waals surface area contributed by atoms with Crippen molar-refractivity contribution in [1.82, 2.24) is 10.0 Å². The summed E-state index contributed by atoms with van der Waals surface area (Å²) in [6.07, 6.45) is 5.37. The second-order valence-electron chi connectivity index (χ2n) is 5.16. The van der Waals surface area contributed by atoms with E-state index in [4.69, 9.17) is 0 Å². The Hall–Kier alpha value is -0.0800. The molecule has 0 spiro atoms. The van der Waals surface area contributed by atoms with Crippen molar-refractivity contribution in [1.29, 1.82) is 0 Å². The van der Waals surface area contributed by atoms with Crippen molar-refractivity contribution in [2.45, 2.75) is 48.2 Å². The molecular formula is C13H22N2O2S3. The summed E-state index contributed by atoms with van der Waals surface area (Å²) in [7, 11) is -3.33. The lowest BCUT2D eigenvalue weighted by molar-refractivity contribution is 0.581. The van der Waals surface area contributed by atoms with Crippen molar-refractivity contribution in [2.75, 3.05) is 12.8 Å². The van der Waals surface area contributed by atoms with E-state index in [1.807, 2.05) is 11.6 Å². The molecule has 0 aromatic carbocycles. The third kappa shape index (κ3) is 5.04. The van der Waals surface area contributed by atoms with Gasteiger partial charge in [-0.1, -0.05) is 6.92 Å². The van der Waals surface area contributed by atoms with Crippen LogP contribution in [-0.2, 0) is 16.6 Å². The van der Waals surface area contributed by atoms with Crippen LogP contribution < -0.4 is 10.0 Å². The first-order valence-corrected chi connectivity index (χ1v) is 10.5. The van der Waals surface area contributed by atoms with E-state index in [2.05, 4.69) is 17.0 Å². The van der Waals surface area contributed by atoms with Gasteiger partial charge in [-0.25, -0.2) is 13.1 Å². The van der Waals surface area contributed by atoms with Gasteiger partial charge < -0.3 is 5.32 Å². The van der Waals surface area contributed by atoms with Gasteiger partial charge in [0.1, 0.15) is 4.21 Å². The lowest BCUT2D eigenvalue weighted by Gasteiger charge is -2.08. The van der Waals surface area contributed by atoms with E-state index >= 15 is 0 Å². The minimum Gasteiger partial charge on any atom is -0.310 e. The number of rotatable bonds is 9. The van der Waals surface area contributed by atoms with E-state index in [9.17, 15) is 8.42 Å². The second kappa shape index (κ2) is 7.26. The SMILES string of the molecule is CSC(C)CCNS(=O)(=O)c1cc(CNC2CC2)cs1. The van der Waals surface area contributed by atoms with Crippen molar-refractivity contribution < 1.29 is 8.42 Å². The average molecular weight is 335 g/mol. The van der Waals surface area contributed by atoms with Crippen LogP contribution in [0.4, 0.5) is 0 Å². The highest BCUT2D eigenvalue weighted by Crippen LogP contribution is 2.23. The maximum Gasteiger partial charge on any atom is 0.250 e. The molecule has 7 heteroatoms. The third-order valence-corrected chi connectivity index (χ3v) is 7.30. The van der Waals surface area contributed by atoms with Crippen LogP contribution in [0.15, 0.2) is 15.7 Å². The molecule has 0 bridgehead atoms. The quantitative estimate of drug-likeness (QED) is 0.728. The van der Waals surface area contributed by atoms with Gasteiger partial charge in [-0.2, -0.15) is 11.8 Å². The van der Waals surface area contributed by atoms with Crippen molar-refractivity contribution in [2.24, 2.45) is 0 Å². The molecule has 0 aliphatic heterocycles. The summed E-state index contributed by atoms with van der Waals surface area (Å²) in [4.78, 5) is 0. The largest absolute Gasteiger partial charge is 0.310 e. The fourth-order valence-electron chi connectivity index (χ4n) is 1.72. The monoisotopic (exact) mass is 334 g/mol. The lowest BCUT2D eigenvalue weighted by Crippen LogP contribution is -2.25. The van der Waals surface area contributed by atoms with E-state index in [1.54, 1.807) is 17.8 Å². The number of thiophene rings is 1. The topological polar surface area (TPSA) is 58.2 Å². The van der Waals surface area contributed by atoms with E-state index in [0.717, 1.165) is 18.5 Å². The Bertz CT molecular complexity index is 523. The summed E-state index contributed by atoms with van der Waals surface area (Å²) in [5, 5.41) is 5.79. The van der Waals surface area contributed by atoms with Gasteiger partial charge in [0, 0.05) is 24.4 Å². The van der Waals surface area contributed by atoms with Crippen LogP contribution >= 0.6 is 23.1 Å². The molecule has 1 saturated carbocycles. The van der Waals surface area contributed by atoms with Crippen molar-refractivity contribution >= 4 is 33.1 Å². The van der Waals surface area contributed by atoms with Gasteiger partial charge in [0.2, 0.25) is 10.0 Å². The smallest absolute Gasteiger partial charge is 0.250 e. The Morgan fingerprint density at radius 1 is 1.50 bits per heavy atom. The maximum absolute atomic E-state index is 12.1. The van der Waals surface area contributed by atoms with E-state index in [0.29, 0.717) is 22.0 Å². The fraction of sp³-hybridized carbons (Fsp3) is 0.692. The standard InChI is InChI=1S/C13H22N2O2S3/c1-10(18-2)5-6-15-20(16,17)13-7-11(9-19-13)8-14-12-3-4-12/h7,9-10,12,14-15H,3-6,8H2,1-2H3. The number of hydrogen-bond acceptors (Lipinski definition) is 5. The zero-order valence-electron chi connectivity index (χ0n) is 11.9. The predicted octanol–water partition coefficient (Wildman–Crippen LogP) is 2.42. The molecule has 1 fully saturated rings. The van der Waals surface area contributed by atoms with Gasteiger partial charge in [-0.15, -0.1) is 11.3 Å². The van der Waals surface area contributed by atoms with Crippen molar-refractivity contribution in [3.63, 3.8) is 0 Å². The molecule has 0 saturated heterocycles. The van der Waals surface area contributed by atoms with Gasteiger partial charge in [-0.05, 0) is 42.5 Å². The van der Waals surface area contributed by atoms with Crippen LogP contribution in [0.3, 0.4) is 0 Å². The summed E-state index contributed by atoms with van der Waals surface area (Å²) < 4.78 is 27.4. The molecular weight excluding hydrogens is 312 g/mol. The van der Waals surface area contributed by atoms with Crippen LogP contribution in [0, 0.1) is 0 Å². The average Bonchev–Trinajstić information content (AvgIpc) is 3.12. The van der Waals surface area contributed by atoms with E-state index in [1.165, 1.54) is 24.2 Å². The van der Waals surface area contributed by atoms with Crippen LogP contribution in [0.25, 0.3) is 0 Å². The molecule has 1 aromatic heterocycles. The molecule has 1 heterocycles. The molecule has 0 radical (unpaired) electrons. The molecule has 1 aromatic rings. The lowest BCUT2D eigenvalue weighted by atomic mass is 10.3. The first kappa shape index (κ1) is 16.3. The minimum absolute atomic E-state index is 0.418. The minimum atomic E-state index is -3.33. The summed E-state index contributed by atoms with van der Waals surface area (Å²) >= 11 is 3.05. The normalized spacial score (nSPS) is 17.3. The molecule has 1 unspecified atom stereocenters. The number of hydrogen-bond donors (Lipinski definition) is 2. The highest BCUT2D eigenvalue weighted by molar-refractivity contribution is 7.99. The van der Waals surface area contributed by atoms with Gasteiger partial charge in [0.25, 0.3) is 0 Å². The van der Waals surface area contributed by atoms with Crippen LogP contribution in [-0.4, -0.2) is 32.5 Å². The zero-order valence-corrected chi connectivity index (χ0v) is 14.3. The highest BCUT2D eigenvalue weighted by Gasteiger charge is 2.21. The van der Waals surface area contributed by atoms with Crippen molar-refractivity contribution in [3.8, 4) is 0 Å². The summed E-state index contributed by atoms with van der Waals surface area (Å²) in [5.41, 5.74) is 1.06. The molecule has 20 heavy (non-hydrogen) atoms. The van der Waals surface area contributed by atoms with Gasteiger partial charge >= 0.3 is 0 Å². The third-order valence-electron chi connectivity index (χ3n) is 3.31. The second-order valence-corrected chi connectivity index (χ2v) is 9.34. The summed E-state index contributed by atoms with van der Waals surface area (Å²) in [5.74, 6) is 0. The zero-order chi connectivity index (χ0) is 14.6. The Morgan fingerprint density at radius 3 is 2.90 bits per heavy atom. The van der Waals surface area contributed by atoms with Crippen LogP contribution in [0.2, 0.25) is 0 Å². The summed E-state index contributed by atoms with van der Waals surface area (Å²) in [6.45, 7) is 3.36. The molecule has 4 nitrogen and oxygen atoms in total. The molecule has 1 aliphatic carbocycles. The Morgan fingerprint density at radius 2 is 2.25 bits per heavy atom.